The van der Waals surface area contributed by atoms with E-state index in [0.717, 1.165) is 42.8 Å². The highest BCUT2D eigenvalue weighted by Gasteiger charge is 2.15. The molecular weight excluding hydrogens is 250 g/mol. The third kappa shape index (κ3) is 2.70. The molecule has 4 nitrogen and oxygen atoms in total. The number of pyridine rings is 1. The van der Waals surface area contributed by atoms with E-state index < -0.39 is 0 Å². The molecule has 0 radical (unpaired) electrons. The van der Waals surface area contributed by atoms with Crippen molar-refractivity contribution in [1.82, 2.24) is 10.3 Å². The lowest BCUT2D eigenvalue weighted by Crippen LogP contribution is -2.43. The molecule has 0 amide bonds. The molecule has 0 atom stereocenters. The maximum atomic E-state index is 5.88. The summed E-state index contributed by atoms with van der Waals surface area (Å²) in [4.78, 5) is 6.95. The predicted octanol–water partition coefficient (Wildman–Crippen LogP) is 2.43. The fourth-order valence-corrected chi connectivity index (χ4v) is 2.63. The monoisotopic (exact) mass is 271 g/mol. The van der Waals surface area contributed by atoms with Crippen LogP contribution in [0.2, 0.25) is 0 Å². The minimum absolute atomic E-state index is 0.181. The molecular formula is C16H21N3O. The van der Waals surface area contributed by atoms with Crippen LogP contribution < -0.4 is 15.0 Å². The Hall–Kier alpha value is -1.81. The van der Waals surface area contributed by atoms with Crippen LogP contribution >= 0.6 is 0 Å². The summed E-state index contributed by atoms with van der Waals surface area (Å²) in [6.07, 6.45) is 2.04. The molecule has 20 heavy (non-hydrogen) atoms. The maximum Gasteiger partial charge on any atom is 0.122 e. The highest BCUT2D eigenvalue weighted by molar-refractivity contribution is 5.92. The van der Waals surface area contributed by atoms with Crippen LogP contribution in [0.25, 0.3) is 10.9 Å². The van der Waals surface area contributed by atoms with Gasteiger partial charge in [-0.05, 0) is 26.0 Å². The van der Waals surface area contributed by atoms with Gasteiger partial charge in [0, 0.05) is 43.8 Å². The van der Waals surface area contributed by atoms with Gasteiger partial charge in [-0.15, -0.1) is 0 Å². The van der Waals surface area contributed by atoms with Crippen LogP contribution in [0.5, 0.6) is 5.75 Å². The van der Waals surface area contributed by atoms with Crippen molar-refractivity contribution in [3.8, 4) is 5.75 Å². The lowest BCUT2D eigenvalue weighted by molar-refractivity contribution is 0.243. The van der Waals surface area contributed by atoms with Crippen LogP contribution in [0.15, 0.2) is 30.5 Å². The molecule has 1 aromatic carbocycles. The van der Waals surface area contributed by atoms with Gasteiger partial charge in [0.15, 0.2) is 0 Å². The number of hydrogen-bond donors (Lipinski definition) is 1. The van der Waals surface area contributed by atoms with E-state index in [-0.39, 0.29) is 6.10 Å². The summed E-state index contributed by atoms with van der Waals surface area (Å²) in [6, 6.07) is 8.28. The lowest BCUT2D eigenvalue weighted by Gasteiger charge is -2.30. The van der Waals surface area contributed by atoms with Crippen LogP contribution in [0, 0.1) is 0 Å². The maximum absolute atomic E-state index is 5.88. The van der Waals surface area contributed by atoms with Crippen molar-refractivity contribution in [1.29, 1.82) is 0 Å². The molecule has 1 aromatic heterocycles. The Morgan fingerprint density at radius 3 is 2.80 bits per heavy atom. The Kier molecular flexibility index (Phi) is 3.74. The van der Waals surface area contributed by atoms with Crippen LogP contribution in [0.1, 0.15) is 13.8 Å². The van der Waals surface area contributed by atoms with Gasteiger partial charge >= 0.3 is 0 Å². The van der Waals surface area contributed by atoms with E-state index in [9.17, 15) is 0 Å². The van der Waals surface area contributed by atoms with Crippen molar-refractivity contribution in [3.63, 3.8) is 0 Å². The number of hydrogen-bond acceptors (Lipinski definition) is 4. The summed E-state index contributed by atoms with van der Waals surface area (Å²) in [5.41, 5.74) is 2.24. The Bertz CT molecular complexity index is 591. The zero-order chi connectivity index (χ0) is 13.9. The first kappa shape index (κ1) is 13.2. The topological polar surface area (TPSA) is 37.4 Å². The van der Waals surface area contributed by atoms with Crippen molar-refractivity contribution in [2.45, 2.75) is 20.0 Å². The number of ether oxygens (including phenoxy) is 1. The molecule has 0 saturated carbocycles. The number of aromatic nitrogens is 1. The molecule has 4 heteroatoms. The molecule has 1 aliphatic rings. The minimum atomic E-state index is 0.181. The number of anilines is 1. The van der Waals surface area contributed by atoms with E-state index >= 15 is 0 Å². The van der Waals surface area contributed by atoms with E-state index in [1.165, 1.54) is 5.69 Å². The average molecular weight is 271 g/mol. The Morgan fingerprint density at radius 1 is 1.25 bits per heavy atom. The van der Waals surface area contributed by atoms with Crippen molar-refractivity contribution < 1.29 is 4.74 Å². The number of rotatable bonds is 3. The van der Waals surface area contributed by atoms with Crippen molar-refractivity contribution in [2.24, 2.45) is 0 Å². The molecule has 1 N–H and O–H groups in total. The first-order chi connectivity index (χ1) is 9.74. The van der Waals surface area contributed by atoms with Gasteiger partial charge in [-0.1, -0.05) is 6.07 Å². The van der Waals surface area contributed by atoms with Gasteiger partial charge in [-0.3, -0.25) is 4.98 Å². The van der Waals surface area contributed by atoms with Crippen molar-refractivity contribution >= 4 is 16.6 Å². The van der Waals surface area contributed by atoms with Crippen LogP contribution in [0.4, 0.5) is 5.69 Å². The highest BCUT2D eigenvalue weighted by Crippen LogP contribution is 2.31. The Labute approximate surface area is 119 Å². The van der Waals surface area contributed by atoms with Crippen LogP contribution in [-0.2, 0) is 0 Å². The summed E-state index contributed by atoms with van der Waals surface area (Å²) in [7, 11) is 0. The molecule has 1 fully saturated rings. The molecule has 2 heterocycles. The Balaban J connectivity index is 2.06. The molecule has 1 aliphatic heterocycles. The molecule has 0 aliphatic carbocycles. The molecule has 106 valence electrons. The van der Waals surface area contributed by atoms with Gasteiger partial charge in [0.05, 0.1) is 17.3 Å². The smallest absolute Gasteiger partial charge is 0.122 e. The molecule has 0 spiro atoms. The second-order valence-electron chi connectivity index (χ2n) is 5.42. The van der Waals surface area contributed by atoms with Gasteiger partial charge in [-0.25, -0.2) is 0 Å². The second kappa shape index (κ2) is 5.67. The van der Waals surface area contributed by atoms with Gasteiger partial charge in [-0.2, -0.15) is 0 Å². The second-order valence-corrected chi connectivity index (χ2v) is 5.42. The molecule has 3 rings (SSSR count). The lowest BCUT2D eigenvalue weighted by atomic mass is 10.1. The van der Waals surface area contributed by atoms with E-state index in [0.29, 0.717) is 0 Å². The summed E-state index contributed by atoms with van der Waals surface area (Å²) >= 11 is 0. The fraction of sp³-hybridized carbons (Fsp3) is 0.438. The van der Waals surface area contributed by atoms with Gasteiger partial charge in [0.2, 0.25) is 0 Å². The number of piperazine rings is 1. The Morgan fingerprint density at radius 2 is 2.05 bits per heavy atom. The number of nitrogens with zero attached hydrogens (tertiary/aromatic N) is 2. The molecule has 0 unspecified atom stereocenters. The molecule has 1 saturated heterocycles. The van der Waals surface area contributed by atoms with E-state index in [1.807, 2.05) is 12.3 Å². The van der Waals surface area contributed by atoms with Gasteiger partial charge < -0.3 is 15.0 Å². The predicted molar refractivity (Wildman–Crippen MR) is 82.6 cm³/mol. The van der Waals surface area contributed by atoms with E-state index in [4.69, 9.17) is 4.74 Å². The number of benzene rings is 1. The van der Waals surface area contributed by atoms with E-state index in [1.54, 1.807) is 0 Å². The first-order valence-electron chi connectivity index (χ1n) is 7.25. The minimum Gasteiger partial charge on any atom is -0.491 e. The number of fused-ring (bicyclic) bond motifs is 1. The fourth-order valence-electron chi connectivity index (χ4n) is 2.63. The summed E-state index contributed by atoms with van der Waals surface area (Å²) in [6.45, 7) is 8.16. The first-order valence-corrected chi connectivity index (χ1v) is 7.25. The van der Waals surface area contributed by atoms with E-state index in [2.05, 4.69) is 47.2 Å². The van der Waals surface area contributed by atoms with Crippen LogP contribution in [-0.4, -0.2) is 37.3 Å². The largest absolute Gasteiger partial charge is 0.491 e. The average Bonchev–Trinajstić information content (AvgIpc) is 2.47. The third-order valence-electron chi connectivity index (χ3n) is 3.49. The summed E-state index contributed by atoms with van der Waals surface area (Å²) < 4.78 is 5.88. The van der Waals surface area contributed by atoms with Gasteiger partial charge in [0.25, 0.3) is 0 Å². The SMILES string of the molecule is CC(C)Oc1cc(N2CCNCC2)c2ncccc2c1. The highest BCUT2D eigenvalue weighted by atomic mass is 16.5. The standard InChI is InChI=1S/C16H21N3O/c1-12(2)20-14-10-13-4-3-5-18-16(13)15(11-14)19-8-6-17-7-9-19/h3-5,10-12,17H,6-9H2,1-2H3. The normalized spacial score (nSPS) is 15.8. The molecule has 0 bridgehead atoms. The number of nitrogens with one attached hydrogen (secondary N) is 1. The summed E-state index contributed by atoms with van der Waals surface area (Å²) in [5, 5.41) is 4.52. The third-order valence-corrected chi connectivity index (χ3v) is 3.49. The van der Waals surface area contributed by atoms with Crippen molar-refractivity contribution in [3.05, 3.63) is 30.5 Å². The van der Waals surface area contributed by atoms with Crippen LogP contribution in [0.3, 0.4) is 0 Å². The zero-order valence-corrected chi connectivity index (χ0v) is 12.1. The van der Waals surface area contributed by atoms with Gasteiger partial charge in [0.1, 0.15) is 5.75 Å². The van der Waals surface area contributed by atoms with Crippen molar-refractivity contribution in [2.75, 3.05) is 31.1 Å². The zero-order valence-electron chi connectivity index (χ0n) is 12.1. The summed E-state index contributed by atoms with van der Waals surface area (Å²) in [5.74, 6) is 0.925. The quantitative estimate of drug-likeness (QED) is 0.930. The molecule has 2 aromatic rings.